The molecule has 0 saturated carbocycles. The first-order valence-electron chi connectivity index (χ1n) is 3.04. The molecule has 1 aromatic carbocycles. The quantitative estimate of drug-likeness (QED) is 0.783. The Kier molecular flexibility index (Phi) is 4.02. The summed E-state index contributed by atoms with van der Waals surface area (Å²) in [5.74, 6) is -0.567. The number of primary amides is 1. The molecule has 4 heteroatoms. The van der Waals surface area contributed by atoms with E-state index >= 15 is 0 Å². The van der Waals surface area contributed by atoms with Gasteiger partial charge in [-0.25, -0.2) is 0 Å². The summed E-state index contributed by atoms with van der Waals surface area (Å²) in [7, 11) is 0. The fourth-order valence-corrected chi connectivity index (χ4v) is 0.795. The molecule has 0 heterocycles. The van der Waals surface area contributed by atoms with E-state index < -0.39 is 5.91 Å². The number of nitriles is 1. The van der Waals surface area contributed by atoms with Gasteiger partial charge in [-0.1, -0.05) is 12.1 Å². The summed E-state index contributed by atoms with van der Waals surface area (Å²) >= 11 is 0. The van der Waals surface area contributed by atoms with Crippen LogP contribution in [0.3, 0.4) is 0 Å². The van der Waals surface area contributed by atoms with Gasteiger partial charge < -0.3 is 5.73 Å². The number of amides is 1. The van der Waals surface area contributed by atoms with Gasteiger partial charge in [-0.3, -0.25) is 4.79 Å². The van der Waals surface area contributed by atoms with E-state index in [-0.39, 0.29) is 22.5 Å². The van der Waals surface area contributed by atoms with E-state index in [0.717, 1.165) is 0 Å². The first-order valence-corrected chi connectivity index (χ1v) is 3.04. The lowest BCUT2D eigenvalue weighted by molar-refractivity contribution is 0.1000. The fraction of sp³-hybridized carbons (Fsp3) is 0. The minimum Gasteiger partial charge on any atom is -0.366 e. The van der Waals surface area contributed by atoms with Crippen molar-refractivity contribution in [2.45, 2.75) is 0 Å². The maximum absolute atomic E-state index is 10.7. The Morgan fingerprint density at radius 1 is 1.42 bits per heavy atom. The SMILES string of the molecule is Br.N#Cc1ccccc1C(N)=O. The summed E-state index contributed by atoms with van der Waals surface area (Å²) in [6, 6.07) is 8.31. The van der Waals surface area contributed by atoms with E-state index in [1.807, 2.05) is 6.07 Å². The molecule has 0 spiro atoms. The molecular weight excluding hydrogens is 220 g/mol. The van der Waals surface area contributed by atoms with Crippen LogP contribution in [0.15, 0.2) is 24.3 Å². The van der Waals surface area contributed by atoms with Crippen LogP contribution in [0.25, 0.3) is 0 Å². The molecule has 12 heavy (non-hydrogen) atoms. The third-order valence-electron chi connectivity index (χ3n) is 1.31. The van der Waals surface area contributed by atoms with Crippen molar-refractivity contribution >= 4 is 22.9 Å². The van der Waals surface area contributed by atoms with Crippen molar-refractivity contribution in [2.24, 2.45) is 5.73 Å². The molecule has 0 aliphatic heterocycles. The van der Waals surface area contributed by atoms with Crippen LogP contribution in [0.5, 0.6) is 0 Å². The largest absolute Gasteiger partial charge is 0.366 e. The van der Waals surface area contributed by atoms with Crippen molar-refractivity contribution in [1.29, 1.82) is 5.26 Å². The van der Waals surface area contributed by atoms with Crippen LogP contribution >= 0.6 is 17.0 Å². The van der Waals surface area contributed by atoms with Crippen LogP contribution in [0.4, 0.5) is 0 Å². The molecule has 2 N–H and O–H groups in total. The average molecular weight is 227 g/mol. The van der Waals surface area contributed by atoms with E-state index in [4.69, 9.17) is 11.0 Å². The first-order chi connectivity index (χ1) is 5.25. The van der Waals surface area contributed by atoms with Gasteiger partial charge in [0.15, 0.2) is 0 Å². The van der Waals surface area contributed by atoms with Gasteiger partial charge in [0.1, 0.15) is 0 Å². The molecule has 0 atom stereocenters. The van der Waals surface area contributed by atoms with Crippen LogP contribution in [-0.4, -0.2) is 5.91 Å². The Bertz CT molecular complexity index is 330. The minimum absolute atomic E-state index is 0. The van der Waals surface area contributed by atoms with Crippen molar-refractivity contribution in [3.8, 4) is 6.07 Å². The summed E-state index contributed by atoms with van der Waals surface area (Å²) in [6.45, 7) is 0. The van der Waals surface area contributed by atoms with Crippen molar-refractivity contribution in [2.75, 3.05) is 0 Å². The number of hydrogen-bond acceptors (Lipinski definition) is 2. The van der Waals surface area contributed by atoms with E-state index in [2.05, 4.69) is 0 Å². The van der Waals surface area contributed by atoms with Gasteiger partial charge in [0, 0.05) is 0 Å². The highest BCUT2D eigenvalue weighted by molar-refractivity contribution is 8.93. The lowest BCUT2D eigenvalue weighted by atomic mass is 10.1. The van der Waals surface area contributed by atoms with Gasteiger partial charge in [0.25, 0.3) is 0 Å². The van der Waals surface area contributed by atoms with Gasteiger partial charge in [0.05, 0.1) is 17.2 Å². The number of halogens is 1. The predicted octanol–water partition coefficient (Wildman–Crippen LogP) is 1.24. The van der Waals surface area contributed by atoms with E-state index in [0.29, 0.717) is 5.56 Å². The standard InChI is InChI=1S/C8H6N2O.BrH/c9-5-6-3-1-2-4-7(6)8(10)11;/h1-4H,(H2,10,11);1H. The number of benzene rings is 1. The average Bonchev–Trinajstić information content (AvgIpc) is 2.04. The molecule has 1 rings (SSSR count). The number of carbonyl (C=O) groups excluding carboxylic acids is 1. The van der Waals surface area contributed by atoms with E-state index in [1.165, 1.54) is 6.07 Å². The molecule has 1 amide bonds. The lowest BCUT2D eigenvalue weighted by Gasteiger charge is -1.95. The monoisotopic (exact) mass is 226 g/mol. The molecule has 0 unspecified atom stereocenters. The second-order valence-electron chi connectivity index (χ2n) is 2.02. The molecule has 3 nitrogen and oxygen atoms in total. The Hall–Kier alpha value is -1.34. The maximum atomic E-state index is 10.7. The Morgan fingerprint density at radius 3 is 2.42 bits per heavy atom. The van der Waals surface area contributed by atoms with Crippen molar-refractivity contribution in [1.82, 2.24) is 0 Å². The Morgan fingerprint density at radius 2 is 2.00 bits per heavy atom. The zero-order chi connectivity index (χ0) is 8.27. The molecule has 62 valence electrons. The van der Waals surface area contributed by atoms with Gasteiger partial charge in [0.2, 0.25) is 5.91 Å². The third-order valence-corrected chi connectivity index (χ3v) is 1.31. The number of carbonyl (C=O) groups is 1. The molecule has 1 aromatic rings. The van der Waals surface area contributed by atoms with E-state index in [9.17, 15) is 4.79 Å². The second kappa shape index (κ2) is 4.52. The molecule has 0 aliphatic carbocycles. The molecular formula is C8H7BrN2O. The van der Waals surface area contributed by atoms with Crippen LogP contribution in [-0.2, 0) is 0 Å². The number of nitrogens with zero attached hydrogens (tertiary/aromatic N) is 1. The van der Waals surface area contributed by atoms with Crippen molar-refractivity contribution in [3.63, 3.8) is 0 Å². The summed E-state index contributed by atoms with van der Waals surface area (Å²) < 4.78 is 0. The molecule has 0 radical (unpaired) electrons. The summed E-state index contributed by atoms with van der Waals surface area (Å²) in [5.41, 5.74) is 5.59. The topological polar surface area (TPSA) is 66.9 Å². The third kappa shape index (κ3) is 2.07. The maximum Gasteiger partial charge on any atom is 0.250 e. The second-order valence-corrected chi connectivity index (χ2v) is 2.02. The number of hydrogen-bond donors (Lipinski definition) is 1. The highest BCUT2D eigenvalue weighted by Gasteiger charge is 2.04. The minimum atomic E-state index is -0.567. The molecule has 0 fully saturated rings. The fourth-order valence-electron chi connectivity index (χ4n) is 0.795. The number of rotatable bonds is 1. The van der Waals surface area contributed by atoms with Gasteiger partial charge >= 0.3 is 0 Å². The lowest BCUT2D eigenvalue weighted by Crippen LogP contribution is -2.12. The molecule has 0 bridgehead atoms. The smallest absolute Gasteiger partial charge is 0.250 e. The van der Waals surface area contributed by atoms with Crippen molar-refractivity contribution in [3.05, 3.63) is 35.4 Å². The van der Waals surface area contributed by atoms with Crippen LogP contribution in [0, 0.1) is 11.3 Å². The Balaban J connectivity index is 0.00000121. The van der Waals surface area contributed by atoms with Crippen LogP contribution in [0.2, 0.25) is 0 Å². The summed E-state index contributed by atoms with van der Waals surface area (Å²) in [6.07, 6.45) is 0. The first kappa shape index (κ1) is 10.7. The summed E-state index contributed by atoms with van der Waals surface area (Å²) in [4.78, 5) is 10.7. The normalized spacial score (nSPS) is 7.92. The highest BCUT2D eigenvalue weighted by atomic mass is 79.9. The van der Waals surface area contributed by atoms with Gasteiger partial charge in [-0.15, -0.1) is 17.0 Å². The molecule has 0 saturated heterocycles. The Labute approximate surface area is 80.6 Å². The van der Waals surface area contributed by atoms with Gasteiger partial charge in [-0.2, -0.15) is 5.26 Å². The zero-order valence-electron chi connectivity index (χ0n) is 6.15. The van der Waals surface area contributed by atoms with Crippen molar-refractivity contribution < 1.29 is 4.79 Å². The zero-order valence-corrected chi connectivity index (χ0v) is 7.86. The predicted molar refractivity (Wildman–Crippen MR) is 50.0 cm³/mol. The summed E-state index contributed by atoms with van der Waals surface area (Å²) in [5, 5.41) is 8.51. The number of nitrogens with two attached hydrogens (primary N) is 1. The highest BCUT2D eigenvalue weighted by Crippen LogP contribution is 2.05. The van der Waals surface area contributed by atoms with Gasteiger partial charge in [-0.05, 0) is 12.1 Å². The van der Waals surface area contributed by atoms with E-state index in [1.54, 1.807) is 18.2 Å². The molecule has 0 aromatic heterocycles. The van der Waals surface area contributed by atoms with Crippen LogP contribution < -0.4 is 5.73 Å². The van der Waals surface area contributed by atoms with Crippen LogP contribution in [0.1, 0.15) is 15.9 Å². The molecule has 0 aliphatic rings.